The van der Waals surface area contributed by atoms with Crippen molar-refractivity contribution in [2.75, 3.05) is 5.32 Å². The van der Waals surface area contributed by atoms with Gasteiger partial charge in [0.25, 0.3) is 0 Å². The maximum Gasteiger partial charge on any atom is 0.230 e. The molecule has 1 N–H and O–H groups in total. The van der Waals surface area contributed by atoms with Gasteiger partial charge in [0.05, 0.1) is 12.0 Å². The zero-order chi connectivity index (χ0) is 14.8. The van der Waals surface area contributed by atoms with Gasteiger partial charge in [0.15, 0.2) is 5.76 Å². The van der Waals surface area contributed by atoms with Crippen molar-refractivity contribution in [2.45, 2.75) is 20.8 Å². The van der Waals surface area contributed by atoms with Gasteiger partial charge < -0.3 is 9.73 Å². The molecule has 20 heavy (non-hydrogen) atoms. The summed E-state index contributed by atoms with van der Waals surface area (Å²) in [6, 6.07) is 10.2. The summed E-state index contributed by atoms with van der Waals surface area (Å²) in [7, 11) is 0. The highest BCUT2D eigenvalue weighted by Crippen LogP contribution is 2.22. The van der Waals surface area contributed by atoms with Crippen molar-refractivity contribution in [1.82, 2.24) is 0 Å². The summed E-state index contributed by atoms with van der Waals surface area (Å²) in [4.78, 5) is 24.4. The lowest BCUT2D eigenvalue weighted by atomic mass is 9.95. The minimum atomic E-state index is -0.527. The fraction of sp³-hybridized carbons (Fsp3) is 0.250. The third-order valence-electron chi connectivity index (χ3n) is 2.85. The van der Waals surface area contributed by atoms with Gasteiger partial charge in [-0.3, -0.25) is 9.59 Å². The third kappa shape index (κ3) is 2.96. The summed E-state index contributed by atoms with van der Waals surface area (Å²) in [5.41, 5.74) is 0.384. The summed E-state index contributed by atoms with van der Waals surface area (Å²) >= 11 is 0. The maximum absolute atomic E-state index is 12.3. The van der Waals surface area contributed by atoms with Crippen molar-refractivity contribution in [3.63, 3.8) is 0 Å². The predicted molar refractivity (Wildman–Crippen MR) is 76.7 cm³/mol. The quantitative estimate of drug-likeness (QED) is 0.869. The van der Waals surface area contributed by atoms with Gasteiger partial charge in [-0.05, 0) is 24.3 Å². The first-order valence-corrected chi connectivity index (χ1v) is 6.38. The molecule has 1 amide bonds. The van der Waals surface area contributed by atoms with Crippen LogP contribution in [0, 0.1) is 5.41 Å². The Hall–Kier alpha value is -2.36. The number of carbonyl (C=O) groups excluding carboxylic acids is 2. The number of nitrogens with one attached hydrogen (secondary N) is 1. The Bertz CT molecular complexity index is 621. The van der Waals surface area contributed by atoms with Crippen LogP contribution in [0.3, 0.4) is 0 Å². The fourth-order valence-electron chi connectivity index (χ4n) is 1.64. The molecule has 0 bridgehead atoms. The topological polar surface area (TPSA) is 59.3 Å². The lowest BCUT2D eigenvalue weighted by Gasteiger charge is -2.18. The van der Waals surface area contributed by atoms with Gasteiger partial charge in [-0.25, -0.2) is 0 Å². The van der Waals surface area contributed by atoms with Crippen molar-refractivity contribution in [2.24, 2.45) is 5.41 Å². The molecule has 1 aromatic carbocycles. The minimum Gasteiger partial charge on any atom is -0.461 e. The first-order valence-electron chi connectivity index (χ1n) is 6.38. The molecule has 0 aliphatic rings. The molecule has 0 fully saturated rings. The molecule has 0 aliphatic carbocycles. The number of rotatable bonds is 3. The summed E-state index contributed by atoms with van der Waals surface area (Å²) in [6.07, 6.45) is 1.45. The van der Waals surface area contributed by atoms with Crippen LogP contribution in [-0.4, -0.2) is 11.7 Å². The Kier molecular flexibility index (Phi) is 3.74. The Morgan fingerprint density at radius 2 is 1.75 bits per heavy atom. The highest BCUT2D eigenvalue weighted by molar-refractivity contribution is 6.12. The van der Waals surface area contributed by atoms with Crippen molar-refractivity contribution >= 4 is 17.4 Å². The number of carbonyl (C=O) groups is 2. The average Bonchev–Trinajstić information content (AvgIpc) is 2.91. The molecule has 0 saturated carbocycles. The van der Waals surface area contributed by atoms with E-state index in [2.05, 4.69) is 5.32 Å². The van der Waals surface area contributed by atoms with Crippen LogP contribution in [0.4, 0.5) is 5.69 Å². The molecule has 0 atom stereocenters. The summed E-state index contributed by atoms with van der Waals surface area (Å²) < 4.78 is 5.11. The van der Waals surface area contributed by atoms with Gasteiger partial charge in [0.1, 0.15) is 0 Å². The average molecular weight is 271 g/mol. The number of furan rings is 1. The van der Waals surface area contributed by atoms with Crippen LogP contribution in [0.15, 0.2) is 47.1 Å². The monoisotopic (exact) mass is 271 g/mol. The second kappa shape index (κ2) is 5.33. The smallest absolute Gasteiger partial charge is 0.230 e. The van der Waals surface area contributed by atoms with Crippen molar-refractivity contribution in [3.8, 4) is 0 Å². The number of hydrogen-bond donors (Lipinski definition) is 1. The van der Waals surface area contributed by atoms with E-state index >= 15 is 0 Å². The van der Waals surface area contributed by atoms with Gasteiger partial charge in [-0.2, -0.15) is 0 Å². The Morgan fingerprint density at radius 3 is 2.35 bits per heavy atom. The minimum absolute atomic E-state index is 0.141. The van der Waals surface area contributed by atoms with Gasteiger partial charge in [0.2, 0.25) is 11.7 Å². The molecule has 4 heteroatoms. The Morgan fingerprint density at radius 1 is 1.05 bits per heavy atom. The second-order valence-electron chi connectivity index (χ2n) is 5.56. The first-order chi connectivity index (χ1) is 9.39. The van der Waals surface area contributed by atoms with E-state index in [0.29, 0.717) is 11.3 Å². The van der Waals surface area contributed by atoms with E-state index in [4.69, 9.17) is 4.42 Å². The van der Waals surface area contributed by atoms with Gasteiger partial charge in [0, 0.05) is 11.0 Å². The molecule has 1 aromatic heterocycles. The molecule has 4 nitrogen and oxygen atoms in total. The van der Waals surface area contributed by atoms with Crippen LogP contribution in [0.25, 0.3) is 0 Å². The highest BCUT2D eigenvalue weighted by atomic mass is 16.3. The largest absolute Gasteiger partial charge is 0.461 e. The van der Waals surface area contributed by atoms with Crippen LogP contribution in [-0.2, 0) is 4.79 Å². The molecule has 0 saturated heterocycles. The zero-order valence-electron chi connectivity index (χ0n) is 11.8. The van der Waals surface area contributed by atoms with Crippen molar-refractivity contribution < 1.29 is 14.0 Å². The molecule has 0 unspecified atom stereocenters. The lowest BCUT2D eigenvalue weighted by Crippen LogP contribution is -2.28. The van der Waals surface area contributed by atoms with Crippen LogP contribution in [0.2, 0.25) is 0 Å². The van der Waals surface area contributed by atoms with Gasteiger partial charge in [-0.15, -0.1) is 0 Å². The number of para-hydroxylation sites is 1. The standard InChI is InChI=1S/C16H17NO3/c1-16(2,3)15(19)17-12-8-5-4-7-11(12)14(18)13-9-6-10-20-13/h4-10H,1-3H3,(H,17,19). The van der Waals surface area contributed by atoms with E-state index in [1.807, 2.05) is 20.8 Å². The van der Waals surface area contributed by atoms with Crippen LogP contribution in [0.1, 0.15) is 36.9 Å². The van der Waals surface area contributed by atoms with E-state index in [1.54, 1.807) is 36.4 Å². The predicted octanol–water partition coefficient (Wildman–Crippen LogP) is 3.50. The van der Waals surface area contributed by atoms with E-state index in [0.717, 1.165) is 0 Å². The third-order valence-corrected chi connectivity index (χ3v) is 2.85. The molecule has 2 rings (SSSR count). The molecule has 0 radical (unpaired) electrons. The Balaban J connectivity index is 2.32. The number of benzene rings is 1. The Labute approximate surface area is 117 Å². The molecular weight excluding hydrogens is 254 g/mol. The first kappa shape index (κ1) is 14.1. The number of anilines is 1. The van der Waals surface area contributed by atoms with Crippen LogP contribution in [0.5, 0.6) is 0 Å². The SMILES string of the molecule is CC(C)(C)C(=O)Nc1ccccc1C(=O)c1ccco1. The van der Waals surface area contributed by atoms with E-state index in [-0.39, 0.29) is 17.5 Å². The van der Waals surface area contributed by atoms with Gasteiger partial charge >= 0.3 is 0 Å². The van der Waals surface area contributed by atoms with Gasteiger partial charge in [-0.1, -0.05) is 32.9 Å². The van der Waals surface area contributed by atoms with E-state index in [9.17, 15) is 9.59 Å². The van der Waals surface area contributed by atoms with Crippen molar-refractivity contribution in [1.29, 1.82) is 0 Å². The molecule has 1 heterocycles. The fourth-order valence-corrected chi connectivity index (χ4v) is 1.64. The van der Waals surface area contributed by atoms with E-state index < -0.39 is 5.41 Å². The normalized spacial score (nSPS) is 11.2. The summed E-state index contributed by atoms with van der Waals surface area (Å²) in [5, 5.41) is 2.79. The molecule has 104 valence electrons. The van der Waals surface area contributed by atoms with Crippen LogP contribution >= 0.6 is 0 Å². The summed E-state index contributed by atoms with van der Waals surface area (Å²) in [5.74, 6) is -0.139. The second-order valence-corrected chi connectivity index (χ2v) is 5.56. The maximum atomic E-state index is 12.3. The van der Waals surface area contributed by atoms with Crippen LogP contribution < -0.4 is 5.32 Å². The number of ketones is 1. The molecule has 2 aromatic rings. The van der Waals surface area contributed by atoms with Crippen molar-refractivity contribution in [3.05, 3.63) is 54.0 Å². The lowest BCUT2D eigenvalue weighted by molar-refractivity contribution is -0.123. The highest BCUT2D eigenvalue weighted by Gasteiger charge is 2.23. The number of amides is 1. The zero-order valence-corrected chi connectivity index (χ0v) is 11.8. The summed E-state index contributed by atoms with van der Waals surface area (Å²) in [6.45, 7) is 5.46. The molecular formula is C16H17NO3. The van der Waals surface area contributed by atoms with E-state index in [1.165, 1.54) is 6.26 Å². The molecule has 0 spiro atoms. The number of hydrogen-bond acceptors (Lipinski definition) is 3. The molecule has 0 aliphatic heterocycles.